The van der Waals surface area contributed by atoms with Gasteiger partial charge in [-0.3, -0.25) is 0 Å². The summed E-state index contributed by atoms with van der Waals surface area (Å²) in [4.78, 5) is 9.60. The zero-order valence-electron chi connectivity index (χ0n) is 6.26. The SMILES string of the molecule is C=C(C)C(=O)O.CC1CO1. The van der Waals surface area contributed by atoms with Gasteiger partial charge < -0.3 is 9.84 Å². The van der Waals surface area contributed by atoms with Gasteiger partial charge in [0.2, 0.25) is 0 Å². The summed E-state index contributed by atoms with van der Waals surface area (Å²) in [6.45, 7) is 7.64. The largest absolute Gasteiger partial charge is 0.478 e. The number of epoxide rings is 1. The van der Waals surface area contributed by atoms with Crippen LogP contribution in [0.2, 0.25) is 0 Å². The Morgan fingerprint density at radius 1 is 1.80 bits per heavy atom. The molecule has 0 bridgehead atoms. The van der Waals surface area contributed by atoms with Crippen LogP contribution < -0.4 is 0 Å². The van der Waals surface area contributed by atoms with Gasteiger partial charge in [0.25, 0.3) is 0 Å². The van der Waals surface area contributed by atoms with E-state index < -0.39 is 5.97 Å². The zero-order valence-corrected chi connectivity index (χ0v) is 6.26. The number of hydrogen-bond donors (Lipinski definition) is 1. The third kappa shape index (κ3) is 7.17. The molecule has 3 heteroatoms. The summed E-state index contributed by atoms with van der Waals surface area (Å²) in [6.07, 6.45) is 0.583. The van der Waals surface area contributed by atoms with Crippen LogP contribution in [0.1, 0.15) is 13.8 Å². The van der Waals surface area contributed by atoms with Crippen molar-refractivity contribution in [3.8, 4) is 0 Å². The number of rotatable bonds is 1. The van der Waals surface area contributed by atoms with E-state index in [0.717, 1.165) is 6.61 Å². The molecular weight excluding hydrogens is 132 g/mol. The van der Waals surface area contributed by atoms with Gasteiger partial charge in [-0.05, 0) is 13.8 Å². The Morgan fingerprint density at radius 3 is 2.00 bits per heavy atom. The highest BCUT2D eigenvalue weighted by Crippen LogP contribution is 2.04. The van der Waals surface area contributed by atoms with Crippen molar-refractivity contribution < 1.29 is 14.6 Å². The second-order valence-corrected chi connectivity index (χ2v) is 2.23. The Bertz CT molecular complexity index is 124. The van der Waals surface area contributed by atoms with Gasteiger partial charge in [-0.15, -0.1) is 0 Å². The second kappa shape index (κ2) is 4.06. The summed E-state index contributed by atoms with van der Waals surface area (Å²) in [5.41, 5.74) is 0.176. The molecule has 0 aliphatic carbocycles. The van der Waals surface area contributed by atoms with E-state index in [2.05, 4.69) is 13.5 Å². The molecule has 1 atom stereocenters. The summed E-state index contributed by atoms with van der Waals surface area (Å²) in [6, 6.07) is 0. The van der Waals surface area contributed by atoms with E-state index in [9.17, 15) is 4.79 Å². The van der Waals surface area contributed by atoms with Gasteiger partial charge >= 0.3 is 5.97 Å². The van der Waals surface area contributed by atoms with Crippen molar-refractivity contribution >= 4 is 5.97 Å². The summed E-state index contributed by atoms with van der Waals surface area (Å²) in [5.74, 6) is -0.935. The molecule has 0 radical (unpaired) electrons. The van der Waals surface area contributed by atoms with Crippen molar-refractivity contribution in [2.24, 2.45) is 0 Å². The maximum absolute atomic E-state index is 9.60. The fourth-order valence-corrected chi connectivity index (χ4v) is 0.0962. The molecular formula is C7H12O3. The van der Waals surface area contributed by atoms with Crippen molar-refractivity contribution in [3.05, 3.63) is 12.2 Å². The Hall–Kier alpha value is -0.830. The average Bonchev–Trinajstić information content (AvgIpc) is 2.52. The lowest BCUT2D eigenvalue weighted by molar-refractivity contribution is -0.132. The first-order valence-electron chi connectivity index (χ1n) is 3.04. The minimum Gasteiger partial charge on any atom is -0.478 e. The Labute approximate surface area is 60.3 Å². The molecule has 0 amide bonds. The standard InChI is InChI=1S/C4H6O2.C3H6O/c1-3(2)4(5)6;1-3-2-4-3/h1H2,2H3,(H,5,6);3H,2H2,1H3. The quantitative estimate of drug-likeness (QED) is 0.442. The van der Waals surface area contributed by atoms with Crippen LogP contribution in [0.4, 0.5) is 0 Å². The second-order valence-electron chi connectivity index (χ2n) is 2.23. The normalized spacial score (nSPS) is 20.4. The van der Waals surface area contributed by atoms with Crippen molar-refractivity contribution in [2.75, 3.05) is 6.61 Å². The molecule has 1 fully saturated rings. The Morgan fingerprint density at radius 2 is 2.00 bits per heavy atom. The number of aliphatic carboxylic acids is 1. The predicted molar refractivity (Wildman–Crippen MR) is 37.9 cm³/mol. The molecule has 0 aromatic rings. The summed E-state index contributed by atoms with van der Waals surface area (Å²) in [5, 5.41) is 7.89. The zero-order chi connectivity index (χ0) is 8.15. The van der Waals surface area contributed by atoms with E-state index in [1.165, 1.54) is 6.92 Å². The van der Waals surface area contributed by atoms with Crippen molar-refractivity contribution in [1.29, 1.82) is 0 Å². The molecule has 0 saturated carbocycles. The monoisotopic (exact) mass is 144 g/mol. The van der Waals surface area contributed by atoms with Crippen LogP contribution in [-0.4, -0.2) is 23.8 Å². The van der Waals surface area contributed by atoms with E-state index in [-0.39, 0.29) is 5.57 Å². The lowest BCUT2D eigenvalue weighted by Gasteiger charge is -1.79. The van der Waals surface area contributed by atoms with Gasteiger partial charge in [-0.2, -0.15) is 0 Å². The molecule has 1 N–H and O–H groups in total. The van der Waals surface area contributed by atoms with E-state index in [4.69, 9.17) is 9.84 Å². The summed E-state index contributed by atoms with van der Waals surface area (Å²) < 4.78 is 4.71. The predicted octanol–water partition coefficient (Wildman–Crippen LogP) is 1.05. The maximum atomic E-state index is 9.60. The number of carboxylic acid groups (broad SMARTS) is 1. The fourth-order valence-electron chi connectivity index (χ4n) is 0.0962. The minimum absolute atomic E-state index is 0.176. The smallest absolute Gasteiger partial charge is 0.330 e. The van der Waals surface area contributed by atoms with Gasteiger partial charge in [0.1, 0.15) is 0 Å². The summed E-state index contributed by atoms with van der Waals surface area (Å²) >= 11 is 0. The summed E-state index contributed by atoms with van der Waals surface area (Å²) in [7, 11) is 0. The first-order chi connectivity index (χ1) is 4.54. The van der Waals surface area contributed by atoms with Gasteiger partial charge in [-0.25, -0.2) is 4.79 Å². The third-order valence-corrected chi connectivity index (χ3v) is 0.865. The number of hydrogen-bond acceptors (Lipinski definition) is 2. The number of carbonyl (C=O) groups is 1. The topological polar surface area (TPSA) is 49.8 Å². The molecule has 1 unspecified atom stereocenters. The van der Waals surface area contributed by atoms with Crippen molar-refractivity contribution in [1.82, 2.24) is 0 Å². The molecule has 1 saturated heterocycles. The highest BCUT2D eigenvalue weighted by atomic mass is 16.6. The van der Waals surface area contributed by atoms with Crippen LogP contribution >= 0.6 is 0 Å². The van der Waals surface area contributed by atoms with Crippen LogP contribution in [-0.2, 0) is 9.53 Å². The molecule has 10 heavy (non-hydrogen) atoms. The third-order valence-electron chi connectivity index (χ3n) is 0.865. The van der Waals surface area contributed by atoms with Crippen LogP contribution in [0.3, 0.4) is 0 Å². The van der Waals surface area contributed by atoms with Gasteiger partial charge in [-0.1, -0.05) is 6.58 Å². The van der Waals surface area contributed by atoms with Crippen molar-refractivity contribution in [2.45, 2.75) is 20.0 Å². The molecule has 3 nitrogen and oxygen atoms in total. The van der Waals surface area contributed by atoms with Crippen molar-refractivity contribution in [3.63, 3.8) is 0 Å². The highest BCUT2D eigenvalue weighted by molar-refractivity contribution is 5.84. The molecule has 1 heterocycles. The van der Waals surface area contributed by atoms with Gasteiger partial charge in [0, 0.05) is 5.57 Å². The molecule has 0 aromatic carbocycles. The molecule has 1 aliphatic rings. The number of ether oxygens (including phenoxy) is 1. The Balaban J connectivity index is 0.000000172. The van der Waals surface area contributed by atoms with E-state index >= 15 is 0 Å². The van der Waals surface area contributed by atoms with Gasteiger partial charge in [0.05, 0.1) is 12.7 Å². The lowest BCUT2D eigenvalue weighted by atomic mass is 10.4. The first-order valence-corrected chi connectivity index (χ1v) is 3.04. The van der Waals surface area contributed by atoms with E-state index in [1.807, 2.05) is 0 Å². The van der Waals surface area contributed by atoms with Crippen LogP contribution in [0.25, 0.3) is 0 Å². The van der Waals surface area contributed by atoms with Gasteiger partial charge in [0.15, 0.2) is 0 Å². The highest BCUT2D eigenvalue weighted by Gasteiger charge is 2.13. The first kappa shape index (κ1) is 9.17. The maximum Gasteiger partial charge on any atom is 0.330 e. The van der Waals surface area contributed by atoms with Crippen LogP contribution in [0.5, 0.6) is 0 Å². The molecule has 0 aromatic heterocycles. The molecule has 1 rings (SSSR count). The van der Waals surface area contributed by atoms with Crippen LogP contribution in [0, 0.1) is 0 Å². The number of carboxylic acids is 1. The lowest BCUT2D eigenvalue weighted by Crippen LogP contribution is -1.92. The Kier molecular flexibility index (Phi) is 3.72. The minimum atomic E-state index is -0.935. The van der Waals surface area contributed by atoms with E-state index in [0.29, 0.717) is 6.10 Å². The van der Waals surface area contributed by atoms with Crippen LogP contribution in [0.15, 0.2) is 12.2 Å². The fraction of sp³-hybridized carbons (Fsp3) is 0.571. The van der Waals surface area contributed by atoms with E-state index in [1.54, 1.807) is 0 Å². The molecule has 0 spiro atoms. The molecule has 1 aliphatic heterocycles. The molecule has 58 valence electrons. The average molecular weight is 144 g/mol.